The second-order valence-electron chi connectivity index (χ2n) is 9.55. The molecule has 0 saturated carbocycles. The van der Waals surface area contributed by atoms with Crippen LogP contribution in [0.15, 0.2) is 133 Å². The van der Waals surface area contributed by atoms with E-state index in [1.807, 2.05) is 18.2 Å². The van der Waals surface area contributed by atoms with Gasteiger partial charge in [-0.2, -0.15) is 5.26 Å². The molecular formula is C36H25NSi. The van der Waals surface area contributed by atoms with Crippen LogP contribution in [-0.2, 0) is 0 Å². The van der Waals surface area contributed by atoms with E-state index in [-0.39, 0.29) is 0 Å². The van der Waals surface area contributed by atoms with Crippen LogP contribution in [0.1, 0.15) is 16.7 Å². The summed E-state index contributed by atoms with van der Waals surface area (Å²) in [5, 5.41) is 17.8. The molecular weight excluding hydrogens is 474 g/mol. The minimum atomic E-state index is -2.74. The Morgan fingerprint density at radius 3 is 1.45 bits per heavy atom. The minimum Gasteiger partial charge on any atom is -0.192 e. The van der Waals surface area contributed by atoms with Crippen molar-refractivity contribution in [3.05, 3.63) is 150 Å². The van der Waals surface area contributed by atoms with Crippen LogP contribution >= 0.6 is 0 Å². The lowest BCUT2D eigenvalue weighted by Gasteiger charge is -2.28. The Morgan fingerprint density at radius 2 is 0.947 bits per heavy atom. The second-order valence-corrected chi connectivity index (χ2v) is 13.0. The SMILES string of the molecule is Cc1ccc2c(C#C[Si](c3ccccc3)(c3ccccc3)c3ccccc3)c3ccccc3c(C#N)c2c1. The third-order valence-electron chi connectivity index (χ3n) is 7.29. The largest absolute Gasteiger partial charge is 0.230 e. The predicted octanol–water partition coefficient (Wildman–Crippen LogP) is 6.23. The zero-order chi connectivity index (χ0) is 26.0. The lowest BCUT2D eigenvalue weighted by Crippen LogP contribution is -2.66. The average molecular weight is 500 g/mol. The molecule has 0 atom stereocenters. The monoisotopic (exact) mass is 499 g/mol. The zero-order valence-corrected chi connectivity index (χ0v) is 22.1. The minimum absolute atomic E-state index is 0.711. The summed E-state index contributed by atoms with van der Waals surface area (Å²) in [5.41, 5.74) is 6.76. The fraction of sp³-hybridized carbons (Fsp3) is 0.0278. The molecule has 0 saturated heterocycles. The molecule has 0 aromatic heterocycles. The van der Waals surface area contributed by atoms with Crippen molar-refractivity contribution in [2.24, 2.45) is 0 Å². The van der Waals surface area contributed by atoms with Gasteiger partial charge < -0.3 is 0 Å². The van der Waals surface area contributed by atoms with Crippen LogP contribution in [0.2, 0.25) is 0 Å². The third kappa shape index (κ3) is 3.89. The van der Waals surface area contributed by atoms with Crippen LogP contribution < -0.4 is 15.6 Å². The summed E-state index contributed by atoms with van der Waals surface area (Å²) >= 11 is 0. The van der Waals surface area contributed by atoms with Crippen molar-refractivity contribution in [2.75, 3.05) is 0 Å². The average Bonchev–Trinajstić information content (AvgIpc) is 2.98. The highest BCUT2D eigenvalue weighted by Gasteiger charge is 2.38. The zero-order valence-electron chi connectivity index (χ0n) is 21.1. The molecule has 0 bridgehead atoms. The van der Waals surface area contributed by atoms with Crippen molar-refractivity contribution in [3.63, 3.8) is 0 Å². The molecule has 0 unspecified atom stereocenters. The number of hydrogen-bond donors (Lipinski definition) is 0. The lowest BCUT2D eigenvalue weighted by atomic mass is 9.92. The van der Waals surface area contributed by atoms with Crippen LogP contribution in [-0.4, -0.2) is 8.07 Å². The molecule has 0 heterocycles. The van der Waals surface area contributed by atoms with Crippen LogP contribution in [0.5, 0.6) is 0 Å². The van der Waals surface area contributed by atoms with Gasteiger partial charge >= 0.3 is 0 Å². The fourth-order valence-electron chi connectivity index (χ4n) is 5.48. The molecule has 0 N–H and O–H groups in total. The number of hydrogen-bond acceptors (Lipinski definition) is 1. The Kier molecular flexibility index (Phi) is 6.10. The summed E-state index contributed by atoms with van der Waals surface area (Å²) in [6.07, 6.45) is 0. The standard InChI is InChI=1S/C36H25NSi/c1-27-21-22-33-34(31-19-11-12-20-32(31)36(26-37)35(33)25-27)23-24-38(28-13-5-2-6-14-28,29-15-7-3-8-16-29)30-17-9-4-10-18-30/h2-22,25H,1H3. The topological polar surface area (TPSA) is 23.8 Å². The van der Waals surface area contributed by atoms with Gasteiger partial charge in [0, 0.05) is 16.3 Å². The summed E-state index contributed by atoms with van der Waals surface area (Å²) in [7, 11) is -2.74. The first-order valence-electron chi connectivity index (χ1n) is 12.8. The molecule has 6 rings (SSSR count). The molecule has 178 valence electrons. The maximum Gasteiger partial charge on any atom is 0.230 e. The van der Waals surface area contributed by atoms with Gasteiger partial charge in [0.25, 0.3) is 0 Å². The molecule has 0 amide bonds. The quantitative estimate of drug-likeness (QED) is 0.122. The van der Waals surface area contributed by atoms with E-state index in [4.69, 9.17) is 0 Å². The van der Waals surface area contributed by atoms with Crippen molar-refractivity contribution >= 4 is 45.2 Å². The van der Waals surface area contributed by atoms with E-state index in [1.54, 1.807) is 0 Å². The lowest BCUT2D eigenvalue weighted by molar-refractivity contribution is 1.49. The van der Waals surface area contributed by atoms with E-state index in [0.29, 0.717) is 5.56 Å². The first kappa shape index (κ1) is 23.5. The van der Waals surface area contributed by atoms with Gasteiger partial charge in [0.2, 0.25) is 8.07 Å². The van der Waals surface area contributed by atoms with Crippen LogP contribution in [0.4, 0.5) is 0 Å². The molecule has 6 aromatic carbocycles. The molecule has 0 fully saturated rings. The molecule has 6 aromatic rings. The van der Waals surface area contributed by atoms with E-state index in [0.717, 1.165) is 32.7 Å². The van der Waals surface area contributed by atoms with Gasteiger partial charge in [0.1, 0.15) is 6.07 Å². The van der Waals surface area contributed by atoms with Crippen molar-refractivity contribution < 1.29 is 0 Å². The van der Waals surface area contributed by atoms with Gasteiger partial charge in [0.15, 0.2) is 0 Å². The van der Waals surface area contributed by atoms with E-state index in [2.05, 4.69) is 140 Å². The summed E-state index contributed by atoms with van der Waals surface area (Å²) in [4.78, 5) is 0. The summed E-state index contributed by atoms with van der Waals surface area (Å²) in [5.74, 6) is 3.74. The predicted molar refractivity (Wildman–Crippen MR) is 162 cm³/mol. The Labute approximate surface area is 224 Å². The first-order chi connectivity index (χ1) is 18.7. The highest BCUT2D eigenvalue weighted by Crippen LogP contribution is 2.33. The smallest absolute Gasteiger partial charge is 0.192 e. The molecule has 0 radical (unpaired) electrons. The van der Waals surface area contributed by atoms with Gasteiger partial charge in [-0.1, -0.05) is 145 Å². The summed E-state index contributed by atoms with van der Waals surface area (Å²) < 4.78 is 0. The van der Waals surface area contributed by atoms with E-state index < -0.39 is 8.07 Å². The number of benzene rings is 6. The molecule has 38 heavy (non-hydrogen) atoms. The van der Waals surface area contributed by atoms with Gasteiger partial charge in [-0.15, -0.1) is 5.54 Å². The molecule has 0 aliphatic rings. The van der Waals surface area contributed by atoms with Gasteiger partial charge in [-0.05, 0) is 33.3 Å². The maximum absolute atomic E-state index is 10.1. The molecule has 0 aliphatic heterocycles. The first-order valence-corrected chi connectivity index (χ1v) is 14.8. The maximum atomic E-state index is 10.1. The number of rotatable bonds is 3. The van der Waals surface area contributed by atoms with Crippen LogP contribution in [0, 0.1) is 29.7 Å². The van der Waals surface area contributed by atoms with Crippen LogP contribution in [0.3, 0.4) is 0 Å². The Morgan fingerprint density at radius 1 is 0.500 bits per heavy atom. The third-order valence-corrected chi connectivity index (χ3v) is 11.4. The number of fused-ring (bicyclic) bond motifs is 2. The highest BCUT2D eigenvalue weighted by molar-refractivity contribution is 7.16. The molecule has 1 nitrogen and oxygen atoms in total. The Balaban J connectivity index is 1.75. The highest BCUT2D eigenvalue weighted by atomic mass is 28.3. The van der Waals surface area contributed by atoms with Crippen molar-refractivity contribution in [2.45, 2.75) is 6.92 Å². The molecule has 0 spiro atoms. The van der Waals surface area contributed by atoms with E-state index >= 15 is 0 Å². The molecule has 0 aliphatic carbocycles. The Bertz CT molecular complexity index is 1780. The molecule has 2 heteroatoms. The van der Waals surface area contributed by atoms with Gasteiger partial charge in [0.05, 0.1) is 5.56 Å². The van der Waals surface area contributed by atoms with Crippen molar-refractivity contribution in [1.82, 2.24) is 0 Å². The van der Waals surface area contributed by atoms with Crippen LogP contribution in [0.25, 0.3) is 21.5 Å². The fourth-order valence-corrected chi connectivity index (χ4v) is 9.31. The van der Waals surface area contributed by atoms with Crippen molar-refractivity contribution in [1.29, 1.82) is 5.26 Å². The van der Waals surface area contributed by atoms with E-state index in [1.165, 1.54) is 15.6 Å². The number of aryl methyl sites for hydroxylation is 1. The van der Waals surface area contributed by atoms with Gasteiger partial charge in [-0.3, -0.25) is 0 Å². The van der Waals surface area contributed by atoms with Crippen molar-refractivity contribution in [3.8, 4) is 17.5 Å². The Hall–Kier alpha value is -4.89. The van der Waals surface area contributed by atoms with Gasteiger partial charge in [-0.25, -0.2) is 0 Å². The summed E-state index contributed by atoms with van der Waals surface area (Å²) in [6.45, 7) is 2.07. The number of nitriles is 1. The summed E-state index contributed by atoms with van der Waals surface area (Å²) in [6, 6.07) is 49.2. The van der Waals surface area contributed by atoms with E-state index in [9.17, 15) is 5.26 Å². The normalized spacial score (nSPS) is 11.1. The number of nitrogens with zero attached hydrogens (tertiary/aromatic N) is 1. The second kappa shape index (κ2) is 9.87.